The number of likely N-dealkylation sites (tertiary alicyclic amines) is 1. The topological polar surface area (TPSA) is 145 Å². The highest BCUT2D eigenvalue weighted by molar-refractivity contribution is 7.92. The second kappa shape index (κ2) is 8.54. The fourth-order valence-corrected chi connectivity index (χ4v) is 5.05. The normalized spacial score (nSPS) is 16.8. The van der Waals surface area contributed by atoms with Crippen LogP contribution in [0.15, 0.2) is 17.2 Å². The second-order valence-corrected chi connectivity index (χ2v) is 9.71. The van der Waals surface area contributed by atoms with Crippen molar-refractivity contribution in [3.05, 3.63) is 18.0 Å². The molecular formula is C17H18F3N5O5S2. The van der Waals surface area contributed by atoms with E-state index >= 15 is 0 Å². The molecule has 3 N–H and O–H groups in total. The number of nitrogens with one attached hydrogen (secondary N) is 1. The predicted molar refractivity (Wildman–Crippen MR) is 108 cm³/mol. The summed E-state index contributed by atoms with van der Waals surface area (Å²) in [5, 5.41) is 2.64. The number of carbonyl (C=O) groups excluding carboxylic acids is 2. The van der Waals surface area contributed by atoms with Gasteiger partial charge in [0.2, 0.25) is 11.8 Å². The van der Waals surface area contributed by atoms with Crippen molar-refractivity contribution in [3.63, 3.8) is 0 Å². The predicted octanol–water partition coefficient (Wildman–Crippen LogP) is 2.30. The van der Waals surface area contributed by atoms with Crippen molar-refractivity contribution in [2.75, 3.05) is 19.0 Å². The molecule has 0 aromatic carbocycles. The van der Waals surface area contributed by atoms with Crippen LogP contribution in [0.25, 0.3) is 10.4 Å². The van der Waals surface area contributed by atoms with E-state index in [-0.39, 0.29) is 10.7 Å². The summed E-state index contributed by atoms with van der Waals surface area (Å²) in [6.45, 7) is 1.86. The van der Waals surface area contributed by atoms with Gasteiger partial charge < -0.3 is 15.4 Å². The number of thiazole rings is 1. The molecule has 3 amide bonds. The van der Waals surface area contributed by atoms with Crippen LogP contribution in [0.5, 0.6) is 5.88 Å². The Morgan fingerprint density at radius 3 is 2.66 bits per heavy atom. The largest absolute Gasteiger partial charge is 0.502 e. The Labute approximate surface area is 184 Å². The maximum atomic E-state index is 13.1. The van der Waals surface area contributed by atoms with Crippen molar-refractivity contribution in [1.29, 1.82) is 0 Å². The molecule has 1 saturated heterocycles. The van der Waals surface area contributed by atoms with Crippen molar-refractivity contribution in [2.24, 2.45) is 5.73 Å². The number of primary amides is 1. The summed E-state index contributed by atoms with van der Waals surface area (Å²) >= 11 is 0.907. The summed E-state index contributed by atoms with van der Waals surface area (Å²) in [5.74, 6) is -1.33. The maximum Gasteiger partial charge on any atom is 0.502 e. The molecule has 0 bridgehead atoms. The molecule has 3 heterocycles. The first-order chi connectivity index (χ1) is 14.9. The van der Waals surface area contributed by atoms with Crippen molar-refractivity contribution in [2.45, 2.75) is 36.2 Å². The number of amides is 3. The molecule has 10 nitrogen and oxygen atoms in total. The Morgan fingerprint density at radius 2 is 2.06 bits per heavy atom. The van der Waals surface area contributed by atoms with E-state index in [1.54, 1.807) is 0 Å². The number of sulfone groups is 1. The number of aromatic nitrogens is 2. The van der Waals surface area contributed by atoms with Crippen LogP contribution in [-0.2, 0) is 14.6 Å². The zero-order chi connectivity index (χ0) is 23.8. The highest BCUT2D eigenvalue weighted by Crippen LogP contribution is 2.39. The van der Waals surface area contributed by atoms with Crippen LogP contribution in [0.4, 0.5) is 23.1 Å². The van der Waals surface area contributed by atoms with Crippen LogP contribution in [-0.4, -0.2) is 60.4 Å². The fraction of sp³-hybridized carbons (Fsp3) is 0.412. The Hall–Kier alpha value is -2.94. The monoisotopic (exact) mass is 493 g/mol. The lowest BCUT2D eigenvalue weighted by molar-refractivity contribution is -0.121. The Kier molecular flexibility index (Phi) is 6.33. The van der Waals surface area contributed by atoms with E-state index in [1.807, 2.05) is 0 Å². The summed E-state index contributed by atoms with van der Waals surface area (Å²) in [6.07, 6.45) is 2.19. The number of hydrogen-bond acceptors (Lipinski definition) is 8. The van der Waals surface area contributed by atoms with Crippen LogP contribution >= 0.6 is 11.3 Å². The number of urea groups is 1. The van der Waals surface area contributed by atoms with E-state index < -0.39 is 44.1 Å². The molecule has 1 aliphatic heterocycles. The van der Waals surface area contributed by atoms with Gasteiger partial charge in [-0.25, -0.2) is 23.2 Å². The van der Waals surface area contributed by atoms with Gasteiger partial charge in [0.25, 0.3) is 9.84 Å². The van der Waals surface area contributed by atoms with Gasteiger partial charge in [0.05, 0.1) is 17.7 Å². The molecule has 15 heteroatoms. The minimum Gasteiger partial charge on any atom is -0.480 e. The van der Waals surface area contributed by atoms with Gasteiger partial charge in [-0.15, -0.1) is 0 Å². The SMILES string of the molecule is COc1ncc(-c2sc(NC(=O)N3CCC[C@H]3C(N)=O)nc2C)cc1S(=O)(=O)C(F)(F)F. The van der Waals surface area contributed by atoms with E-state index in [4.69, 9.17) is 5.73 Å². The highest BCUT2D eigenvalue weighted by Gasteiger charge is 2.49. The number of rotatable bonds is 5. The molecule has 0 saturated carbocycles. The maximum absolute atomic E-state index is 13.1. The number of pyridine rings is 1. The first-order valence-corrected chi connectivity index (χ1v) is 11.4. The van der Waals surface area contributed by atoms with Crippen LogP contribution in [0, 0.1) is 6.92 Å². The molecule has 3 rings (SSSR count). The Morgan fingerprint density at radius 1 is 1.38 bits per heavy atom. The number of halogens is 3. The van der Waals surface area contributed by atoms with Gasteiger partial charge in [-0.3, -0.25) is 10.1 Å². The number of alkyl halides is 3. The van der Waals surface area contributed by atoms with Crippen molar-refractivity contribution in [1.82, 2.24) is 14.9 Å². The number of methoxy groups -OCH3 is 1. The number of nitrogens with two attached hydrogens (primary N) is 1. The number of aryl methyl sites for hydroxylation is 1. The molecule has 1 fully saturated rings. The van der Waals surface area contributed by atoms with Crippen molar-refractivity contribution in [3.8, 4) is 16.3 Å². The molecule has 0 radical (unpaired) electrons. The van der Waals surface area contributed by atoms with Crippen LogP contribution in [0.3, 0.4) is 0 Å². The second-order valence-electron chi connectivity index (χ2n) is 6.80. The zero-order valence-electron chi connectivity index (χ0n) is 16.8. The molecule has 2 aromatic heterocycles. The van der Waals surface area contributed by atoms with Gasteiger partial charge in [-0.05, 0) is 25.8 Å². The molecule has 1 atom stereocenters. The van der Waals surface area contributed by atoms with Gasteiger partial charge >= 0.3 is 11.5 Å². The van der Waals surface area contributed by atoms with Crippen molar-refractivity contribution >= 4 is 38.2 Å². The van der Waals surface area contributed by atoms with Crippen LogP contribution in [0.2, 0.25) is 0 Å². The van der Waals surface area contributed by atoms with Crippen molar-refractivity contribution < 1.29 is 35.9 Å². The fourth-order valence-electron chi connectivity index (χ4n) is 3.21. The average Bonchev–Trinajstić information content (AvgIpc) is 3.33. The van der Waals surface area contributed by atoms with E-state index in [2.05, 4.69) is 20.0 Å². The number of ether oxygens (including phenoxy) is 1. The number of nitrogens with zero attached hydrogens (tertiary/aromatic N) is 3. The van der Waals surface area contributed by atoms with Gasteiger partial charge in [0, 0.05) is 18.3 Å². The van der Waals surface area contributed by atoms with Crippen LogP contribution < -0.4 is 15.8 Å². The van der Waals surface area contributed by atoms with Crippen LogP contribution in [0.1, 0.15) is 18.5 Å². The lowest BCUT2D eigenvalue weighted by Gasteiger charge is -2.21. The number of anilines is 1. The third-order valence-electron chi connectivity index (χ3n) is 4.72. The quantitative estimate of drug-likeness (QED) is 0.650. The summed E-state index contributed by atoms with van der Waals surface area (Å²) in [4.78, 5) is 32.3. The molecule has 0 aliphatic carbocycles. The highest BCUT2D eigenvalue weighted by atomic mass is 32.2. The Balaban J connectivity index is 1.93. The van der Waals surface area contributed by atoms with Gasteiger partial charge in [0.1, 0.15) is 10.9 Å². The van der Waals surface area contributed by atoms with Gasteiger partial charge in [-0.1, -0.05) is 11.3 Å². The van der Waals surface area contributed by atoms with Gasteiger partial charge in [0.15, 0.2) is 5.13 Å². The van der Waals surface area contributed by atoms with E-state index in [0.717, 1.165) is 30.7 Å². The third-order valence-corrected chi connectivity index (χ3v) is 7.32. The number of carbonyl (C=O) groups is 2. The van der Waals surface area contributed by atoms with Gasteiger partial charge in [-0.2, -0.15) is 13.2 Å². The van der Waals surface area contributed by atoms with E-state index in [9.17, 15) is 31.2 Å². The standard InChI is InChI=1S/C17H18F3N5O5S2/c1-8-12(9-6-11(14(30-2)22-7-9)32(28,29)17(18,19)20)31-15(23-8)24-16(27)25-5-3-4-10(25)13(21)26/h6-7,10H,3-5H2,1-2H3,(H2,21,26)(H,23,24,27)/t10-/m0/s1. The van der Waals surface area contributed by atoms with E-state index in [1.165, 1.54) is 11.8 Å². The molecule has 1 aliphatic rings. The summed E-state index contributed by atoms with van der Waals surface area (Å²) in [5.41, 5.74) is 0.122. The first kappa shape index (κ1) is 23.7. The average molecular weight is 493 g/mol. The molecule has 32 heavy (non-hydrogen) atoms. The lowest BCUT2D eigenvalue weighted by Crippen LogP contribution is -2.45. The molecule has 2 aromatic rings. The Bertz CT molecular complexity index is 1170. The first-order valence-electron chi connectivity index (χ1n) is 9.07. The summed E-state index contributed by atoms with van der Waals surface area (Å²) in [6, 6.07) is -0.541. The molecule has 0 spiro atoms. The number of hydrogen-bond donors (Lipinski definition) is 2. The summed E-state index contributed by atoms with van der Waals surface area (Å²) < 4.78 is 67.7. The molecule has 174 valence electrons. The zero-order valence-corrected chi connectivity index (χ0v) is 18.4. The summed E-state index contributed by atoms with van der Waals surface area (Å²) in [7, 11) is -4.72. The minimum atomic E-state index is -5.72. The smallest absolute Gasteiger partial charge is 0.480 e. The van der Waals surface area contributed by atoms with E-state index in [0.29, 0.717) is 30.0 Å². The molecule has 0 unspecified atom stereocenters. The molecular weight excluding hydrogens is 475 g/mol. The minimum absolute atomic E-state index is 0.0420. The lowest BCUT2D eigenvalue weighted by atomic mass is 10.2. The third kappa shape index (κ3) is 4.34.